The molecule has 5 aromatic carbocycles. The lowest BCUT2D eigenvalue weighted by atomic mass is 10.1. The molecule has 14 rings (SSSR count). The van der Waals surface area contributed by atoms with Crippen LogP contribution in [-0.4, -0.2) is 437 Å². The van der Waals surface area contributed by atoms with Crippen molar-refractivity contribution >= 4 is 204 Å². The lowest BCUT2D eigenvalue weighted by molar-refractivity contribution is 0.0623. The Morgan fingerprint density at radius 1 is 0.319 bits per heavy atom. The second kappa shape index (κ2) is 61.4. The minimum absolute atomic E-state index is 0.00717. The van der Waals surface area contributed by atoms with Gasteiger partial charge in [-0.2, -0.15) is 0 Å². The zero-order valence-electron chi connectivity index (χ0n) is 83.6. The van der Waals surface area contributed by atoms with Crippen LogP contribution in [0.25, 0.3) is 0 Å². The van der Waals surface area contributed by atoms with Crippen LogP contribution in [-0.2, 0) is 28.2 Å². The molecule has 6 amide bonds. The average molecular weight is 2360 g/mol. The van der Waals surface area contributed by atoms with E-state index in [1.165, 1.54) is 106 Å². The molecule has 5 fully saturated rings. The number of nitrogens with zero attached hydrogens (tertiary/aromatic N) is 21. The van der Waals surface area contributed by atoms with E-state index in [0.717, 1.165) is 118 Å². The Morgan fingerprint density at radius 2 is 0.535 bits per heavy atom. The fraction of sp³-hybridized carbons (Fsp3) is 0.463. The smallest absolute Gasteiger partial charge is 0.372 e. The number of piperazine rings is 5. The molecule has 12 N–H and O–H groups in total. The van der Waals surface area contributed by atoms with Crippen LogP contribution in [0.15, 0.2) is 134 Å². The van der Waals surface area contributed by atoms with Crippen molar-refractivity contribution in [3.8, 4) is 0 Å². The first kappa shape index (κ1) is 122. The zero-order valence-corrected chi connectivity index (χ0v) is 93.8. The number of halogens is 9. The minimum Gasteiger partial charge on any atom is -0.478 e. The van der Waals surface area contributed by atoms with E-state index in [-0.39, 0.29) is 74.0 Å². The monoisotopic (exact) mass is 2350 g/mol. The predicted molar refractivity (Wildman–Crippen MR) is 583 cm³/mol. The van der Waals surface area contributed by atoms with Gasteiger partial charge < -0.3 is 111 Å². The number of aromatic carboxylic acids is 3. The third kappa shape index (κ3) is 40.4. The van der Waals surface area contributed by atoms with Crippen molar-refractivity contribution in [3.05, 3.63) is 210 Å². The van der Waals surface area contributed by atoms with Gasteiger partial charge in [0, 0.05) is 253 Å². The largest absolute Gasteiger partial charge is 0.478 e. The van der Waals surface area contributed by atoms with Crippen molar-refractivity contribution < 1.29 is 58.5 Å². The van der Waals surface area contributed by atoms with Gasteiger partial charge in [0.05, 0.1) is 77.7 Å². The topological polar surface area (TPSA) is 440 Å². The number of imidazole rings is 4. The molecule has 4 aromatic heterocycles. The molecule has 40 nitrogen and oxygen atoms in total. The number of likely N-dealkylation sites (N-methyl/N-ethyl adjacent to an activating group) is 5. The number of carbonyl (C=O) groups excluding carboxylic acids is 6. The van der Waals surface area contributed by atoms with E-state index in [1.54, 1.807) is 109 Å². The van der Waals surface area contributed by atoms with Gasteiger partial charge in [0.25, 0.3) is 35.4 Å². The van der Waals surface area contributed by atoms with E-state index in [0.29, 0.717) is 105 Å². The van der Waals surface area contributed by atoms with Crippen molar-refractivity contribution in [2.75, 3.05) is 294 Å². The van der Waals surface area contributed by atoms with Gasteiger partial charge in [0.1, 0.15) is 18.4 Å². The molecule has 9 aromatic rings. The number of anilines is 5. The van der Waals surface area contributed by atoms with Gasteiger partial charge >= 0.3 is 17.9 Å². The SMILES string of the molecule is CN(C)CCN1CCN(C(=O)c2ccc(N)cc2Cl)CC1.CN(C)CCN1CCN(C(=O)c2ccc(NC(=O)c3ncc(Br)n3C)cc2Cl)CC1.CN(C)CCN1CCN(C(=O)c2ccc(NC(=O)c3ncc(Br)n3C)cc2Cl)CC1.CN(C)CCN1CCNCC1.CN(C)CCN1CCNCC1.Cn1c(Br)cnc1C(=O)Nc1ccc(C(=O)O)c(Cl)c1.Cn1c(Br)cnc1C(=O)O.Nc1ccc(C(=O)O)c(Cl)c1. The highest BCUT2D eigenvalue weighted by atomic mass is 79.9. The number of nitrogens with two attached hydrogens (primary N) is 2. The molecule has 144 heavy (non-hydrogen) atoms. The highest BCUT2D eigenvalue weighted by Gasteiger charge is 2.30. The minimum atomic E-state index is -1.12. The summed E-state index contributed by atoms with van der Waals surface area (Å²) in [6.07, 6.45) is 6.08. The number of nitrogen functional groups attached to an aromatic ring is 2. The summed E-state index contributed by atoms with van der Waals surface area (Å²) in [5, 5.41) is 42.0. The van der Waals surface area contributed by atoms with E-state index in [2.05, 4.69) is 230 Å². The Kier molecular flexibility index (Phi) is 51.9. The van der Waals surface area contributed by atoms with Gasteiger partial charge in [-0.3, -0.25) is 53.3 Å². The predicted octanol–water partition coefficient (Wildman–Crippen LogP) is 10.3. The number of rotatable bonds is 27. The number of nitrogens with one attached hydrogen (secondary N) is 5. The van der Waals surface area contributed by atoms with Crippen molar-refractivity contribution in [3.63, 3.8) is 0 Å². The van der Waals surface area contributed by atoms with Crippen LogP contribution < -0.4 is 38.1 Å². The Morgan fingerprint density at radius 3 is 0.736 bits per heavy atom. The number of amides is 6. The first-order valence-electron chi connectivity index (χ1n) is 46.2. The Balaban J connectivity index is 0.000000231. The van der Waals surface area contributed by atoms with E-state index in [4.69, 9.17) is 84.8 Å². The second-order valence-electron chi connectivity index (χ2n) is 35.3. The van der Waals surface area contributed by atoms with Gasteiger partial charge in [-0.15, -0.1) is 0 Å². The maximum absolute atomic E-state index is 12.9. The molecule has 0 unspecified atom stereocenters. The van der Waals surface area contributed by atoms with Gasteiger partial charge in [-0.05, 0) is 225 Å². The highest BCUT2D eigenvalue weighted by Crippen LogP contribution is 2.29. The van der Waals surface area contributed by atoms with E-state index >= 15 is 0 Å². The summed E-state index contributed by atoms with van der Waals surface area (Å²) in [5.41, 5.74) is 14.9. The van der Waals surface area contributed by atoms with Crippen LogP contribution in [0.5, 0.6) is 0 Å². The lowest BCUT2D eigenvalue weighted by Gasteiger charge is -2.35. The van der Waals surface area contributed by atoms with E-state index in [1.807, 2.05) is 14.7 Å². The standard InChI is InChI=1S/2C20H26BrClN6O2.C15H23ClN4O.C12H9BrClN3O3.2C8H19N3.C7H6ClNO2.C5H5BrN2O2/c2*1-25(2)6-7-27-8-10-28(11-9-27)20(30)15-5-4-14(12-16(15)22)24-19(29)18-23-13-17(21)26(18)3;1-18(2)5-6-19-7-9-20(10-8-19)15(21)13-4-3-12(17)11-14(13)16;1-17-9(13)5-15-10(17)11(18)16-6-2-3-7(12(19)20)8(14)4-6;2*1-10(2)7-8-11-5-3-9-4-6-11;8-6-3-4(9)1-2-5(6)7(10)11;1-8-3(6)2-7-4(8)5(9)10/h2*4-5,12-13H,6-11H2,1-3H3,(H,24,29);3-4,11H,5-10,17H2,1-2H3;2-5H,1H3,(H,16,18)(H,19,20);2*9H,3-8H2,1-2H3;1-3H,9H2,(H,10,11);2H,1H3,(H,9,10). The molecule has 5 aliphatic rings. The molecule has 0 saturated carbocycles. The molecule has 5 saturated heterocycles. The molecular formula is C95H133Br4Cl5N28O12. The summed E-state index contributed by atoms with van der Waals surface area (Å²) < 4.78 is 9.01. The molecule has 0 spiro atoms. The molecule has 788 valence electrons. The van der Waals surface area contributed by atoms with Crippen LogP contribution in [0.3, 0.4) is 0 Å². The quantitative estimate of drug-likeness (QED) is 0.0214. The third-order valence-corrected chi connectivity index (χ3v) is 27.6. The number of carboxylic acid groups (broad SMARTS) is 3. The maximum atomic E-state index is 12.9. The van der Waals surface area contributed by atoms with Crippen LogP contribution in [0, 0.1) is 0 Å². The average Bonchev–Trinajstić information content (AvgIpc) is 1.82. The molecule has 0 atom stereocenters. The summed E-state index contributed by atoms with van der Waals surface area (Å²) >= 11 is 43.3. The maximum Gasteiger partial charge on any atom is 0.372 e. The Labute approximate surface area is 900 Å². The molecular weight excluding hydrogens is 2220 g/mol. The third-order valence-electron chi connectivity index (χ3n) is 23.1. The molecule has 0 aliphatic carbocycles. The molecule has 49 heteroatoms. The van der Waals surface area contributed by atoms with E-state index in [9.17, 15) is 43.2 Å². The number of hydrogen-bond acceptors (Lipinski definition) is 27. The van der Waals surface area contributed by atoms with Crippen LogP contribution >= 0.6 is 122 Å². The Bertz CT molecular complexity index is 5520. The Hall–Kier alpha value is -9.34. The second-order valence-corrected chi connectivity index (χ2v) is 40.6. The summed E-state index contributed by atoms with van der Waals surface area (Å²) in [6, 6.07) is 23.4. The van der Waals surface area contributed by atoms with Crippen LogP contribution in [0.4, 0.5) is 28.4 Å². The van der Waals surface area contributed by atoms with E-state index < -0.39 is 23.8 Å². The summed E-state index contributed by atoms with van der Waals surface area (Å²) in [7, 11) is 27.7. The van der Waals surface area contributed by atoms with Crippen molar-refractivity contribution in [2.24, 2.45) is 28.2 Å². The number of aromatic nitrogens is 8. The molecule has 0 radical (unpaired) electrons. The van der Waals surface area contributed by atoms with Gasteiger partial charge in [-0.25, -0.2) is 34.3 Å². The zero-order chi connectivity index (χ0) is 106. The number of hydrogen-bond donors (Lipinski definition) is 10. The number of benzene rings is 5. The summed E-state index contributed by atoms with van der Waals surface area (Å²) in [5.74, 6) is -3.71. The molecule has 9 heterocycles. The fourth-order valence-corrected chi connectivity index (χ4v) is 16.7. The van der Waals surface area contributed by atoms with Crippen LogP contribution in [0.2, 0.25) is 25.1 Å². The van der Waals surface area contributed by atoms with Crippen molar-refractivity contribution in [1.82, 2.24) is 113 Å². The van der Waals surface area contributed by atoms with Crippen molar-refractivity contribution in [2.45, 2.75) is 0 Å². The highest BCUT2D eigenvalue weighted by molar-refractivity contribution is 9.11. The van der Waals surface area contributed by atoms with Gasteiger partial charge in [-0.1, -0.05) is 58.0 Å². The summed E-state index contributed by atoms with van der Waals surface area (Å²) in [4.78, 5) is 151. The van der Waals surface area contributed by atoms with Gasteiger partial charge in [0.2, 0.25) is 5.82 Å². The first-order chi connectivity index (χ1) is 68.2. The number of carbonyl (C=O) groups is 9. The number of carboxylic acids is 3. The fourth-order valence-electron chi connectivity index (χ4n) is 14.3. The normalized spacial score (nSPS) is 14.7. The molecule has 0 bridgehead atoms. The summed E-state index contributed by atoms with van der Waals surface area (Å²) in [6.45, 7) is 29.8. The lowest BCUT2D eigenvalue weighted by Crippen LogP contribution is -2.50. The first-order valence-corrected chi connectivity index (χ1v) is 51.2. The van der Waals surface area contributed by atoms with Gasteiger partial charge in [0.15, 0.2) is 17.5 Å². The van der Waals surface area contributed by atoms with Crippen LogP contribution in [0.1, 0.15) is 94.3 Å². The van der Waals surface area contributed by atoms with Crippen molar-refractivity contribution in [1.29, 1.82) is 0 Å². The molecule has 5 aliphatic heterocycles.